The molecule has 1 aliphatic heterocycles. The monoisotopic (exact) mass is 531 g/mol. The number of ether oxygens (including phenoxy) is 2. The minimum atomic E-state index is -4.71. The van der Waals surface area contributed by atoms with Crippen molar-refractivity contribution in [2.75, 3.05) is 26.3 Å². The first-order valence-corrected chi connectivity index (χ1v) is 12.4. The summed E-state index contributed by atoms with van der Waals surface area (Å²) in [5.74, 6) is -0.293. The third-order valence-electron chi connectivity index (χ3n) is 6.52. The van der Waals surface area contributed by atoms with Crippen molar-refractivity contribution < 1.29 is 27.4 Å². The fraction of sp³-hybridized carbons (Fsp3) is 0.520. The van der Waals surface area contributed by atoms with Gasteiger partial charge in [-0.15, -0.1) is 5.10 Å². The summed E-state index contributed by atoms with van der Waals surface area (Å²) < 4.78 is 53.8. The molecule has 1 aliphatic rings. The van der Waals surface area contributed by atoms with Crippen molar-refractivity contribution in [2.45, 2.75) is 45.2 Å². The zero-order valence-corrected chi connectivity index (χ0v) is 21.2. The van der Waals surface area contributed by atoms with E-state index in [-0.39, 0.29) is 41.1 Å². The molecule has 10 nitrogen and oxygen atoms in total. The Balaban J connectivity index is 1.41. The summed E-state index contributed by atoms with van der Waals surface area (Å²) in [6.45, 7) is 3.58. The number of unbranched alkanes of at least 4 members (excludes halogenated alkanes) is 1. The highest BCUT2D eigenvalue weighted by Crippen LogP contribution is 2.38. The maximum Gasteiger partial charge on any atom is 0.421 e. The van der Waals surface area contributed by atoms with Gasteiger partial charge in [-0.1, -0.05) is 18.6 Å². The molecule has 1 amide bonds. The number of fused-ring (bicyclic) bond motifs is 1. The van der Waals surface area contributed by atoms with Crippen LogP contribution in [0.5, 0.6) is 5.88 Å². The van der Waals surface area contributed by atoms with Crippen LogP contribution in [-0.2, 0) is 18.0 Å². The molecule has 0 radical (unpaired) electrons. The molecule has 3 aromatic heterocycles. The molecule has 1 fully saturated rings. The van der Waals surface area contributed by atoms with Gasteiger partial charge in [0.1, 0.15) is 17.1 Å². The summed E-state index contributed by atoms with van der Waals surface area (Å²) in [5.41, 5.74) is -0.114. The molecule has 38 heavy (non-hydrogen) atoms. The molecule has 0 unspecified atom stereocenters. The smallest absolute Gasteiger partial charge is 0.421 e. The number of amides is 1. The van der Waals surface area contributed by atoms with E-state index in [1.165, 1.54) is 16.9 Å². The van der Waals surface area contributed by atoms with Crippen LogP contribution in [0.15, 0.2) is 18.3 Å². The lowest BCUT2D eigenvalue weighted by atomic mass is 9.94. The predicted octanol–water partition coefficient (Wildman–Crippen LogP) is 4.73. The summed E-state index contributed by atoms with van der Waals surface area (Å²) in [7, 11) is 1.61. The Morgan fingerprint density at radius 1 is 1.24 bits per heavy atom. The van der Waals surface area contributed by atoms with Gasteiger partial charge in [-0.3, -0.25) is 0 Å². The first-order chi connectivity index (χ1) is 18.2. The largest absolute Gasteiger partial charge is 0.477 e. The Morgan fingerprint density at radius 2 is 2.00 bits per heavy atom. The molecule has 1 saturated heterocycles. The van der Waals surface area contributed by atoms with Gasteiger partial charge >= 0.3 is 12.3 Å². The van der Waals surface area contributed by atoms with Gasteiger partial charge in [-0.05, 0) is 43.7 Å². The number of rotatable bonds is 8. The molecule has 0 N–H and O–H groups in total. The van der Waals surface area contributed by atoms with Crippen molar-refractivity contribution in [1.82, 2.24) is 29.9 Å². The van der Waals surface area contributed by atoms with Gasteiger partial charge in [0, 0.05) is 31.9 Å². The zero-order chi connectivity index (χ0) is 27.3. The first-order valence-electron chi connectivity index (χ1n) is 12.4. The van der Waals surface area contributed by atoms with E-state index in [0.717, 1.165) is 31.7 Å². The van der Waals surface area contributed by atoms with Crippen LogP contribution >= 0.6 is 0 Å². The van der Waals surface area contributed by atoms with E-state index in [0.29, 0.717) is 31.6 Å². The van der Waals surface area contributed by atoms with Gasteiger partial charge in [0.05, 0.1) is 24.4 Å². The third kappa shape index (κ3) is 6.12. The second kappa shape index (κ2) is 11.6. The molecule has 4 rings (SSSR count). The summed E-state index contributed by atoms with van der Waals surface area (Å²) in [6.07, 6.45) is -0.0287. The fourth-order valence-electron chi connectivity index (χ4n) is 4.29. The lowest BCUT2D eigenvalue weighted by Crippen LogP contribution is -2.39. The van der Waals surface area contributed by atoms with Gasteiger partial charge in [-0.2, -0.15) is 18.4 Å². The second-order valence-corrected chi connectivity index (χ2v) is 9.16. The number of alkyl halides is 3. The van der Waals surface area contributed by atoms with Crippen molar-refractivity contribution >= 4 is 17.1 Å². The molecule has 0 saturated carbocycles. The Kier molecular flexibility index (Phi) is 8.29. The van der Waals surface area contributed by atoms with Crippen LogP contribution in [0.1, 0.15) is 50.3 Å². The van der Waals surface area contributed by atoms with E-state index in [9.17, 15) is 23.2 Å². The molecule has 4 heterocycles. The number of likely N-dealkylation sites (tertiary alicyclic amines) is 1. The molecular formula is C25H28F3N7O3. The highest BCUT2D eigenvalue weighted by molar-refractivity contribution is 5.83. The molecule has 202 valence electrons. The molecule has 0 aromatic carbocycles. The summed E-state index contributed by atoms with van der Waals surface area (Å²) in [4.78, 5) is 21.9. The van der Waals surface area contributed by atoms with Gasteiger partial charge in [0.15, 0.2) is 5.69 Å². The number of carbonyl (C=O) groups excluding carboxylic acids is 1. The Bertz CT molecular complexity index is 1330. The lowest BCUT2D eigenvalue weighted by Gasteiger charge is -2.31. The number of halogens is 3. The van der Waals surface area contributed by atoms with Crippen LogP contribution < -0.4 is 4.74 Å². The molecule has 0 bridgehead atoms. The quantitative estimate of drug-likeness (QED) is 0.383. The van der Waals surface area contributed by atoms with Gasteiger partial charge in [0.2, 0.25) is 5.88 Å². The number of aryl methyl sites for hydroxylation is 1. The number of hydrogen-bond acceptors (Lipinski definition) is 8. The molecule has 13 heteroatoms. The number of carbonyl (C=O) groups is 1. The van der Waals surface area contributed by atoms with Crippen LogP contribution in [0.4, 0.5) is 18.0 Å². The zero-order valence-electron chi connectivity index (χ0n) is 21.2. The van der Waals surface area contributed by atoms with E-state index in [1.54, 1.807) is 11.9 Å². The SMILES string of the molecule is CCCCOC(=O)N1CCC(CCOc2ncc(-c3cc4c(nnn4C)c(C#N)n3)cc2C(F)(F)F)CC1. The Hall–Kier alpha value is -3.95. The highest BCUT2D eigenvalue weighted by Gasteiger charge is 2.36. The summed E-state index contributed by atoms with van der Waals surface area (Å²) in [5, 5.41) is 17.1. The Labute approximate surface area is 217 Å². The number of hydrogen-bond donors (Lipinski definition) is 0. The molecule has 0 spiro atoms. The molecular weight excluding hydrogens is 503 g/mol. The molecule has 0 aliphatic carbocycles. The third-order valence-corrected chi connectivity index (χ3v) is 6.52. The van der Waals surface area contributed by atoms with E-state index in [2.05, 4.69) is 20.3 Å². The number of nitrogens with zero attached hydrogens (tertiary/aromatic N) is 7. The first kappa shape index (κ1) is 27.1. The topological polar surface area (TPSA) is 119 Å². The van der Waals surface area contributed by atoms with Crippen LogP contribution in [0.2, 0.25) is 0 Å². The molecule has 3 aromatic rings. The number of piperidine rings is 1. The fourth-order valence-corrected chi connectivity index (χ4v) is 4.29. The van der Waals surface area contributed by atoms with E-state index in [4.69, 9.17) is 9.47 Å². The summed E-state index contributed by atoms with van der Waals surface area (Å²) in [6, 6.07) is 4.34. The van der Waals surface area contributed by atoms with Crippen molar-refractivity contribution in [1.29, 1.82) is 5.26 Å². The van der Waals surface area contributed by atoms with E-state index >= 15 is 0 Å². The minimum absolute atomic E-state index is 0.0419. The van der Waals surface area contributed by atoms with Crippen LogP contribution in [0.25, 0.3) is 22.3 Å². The van der Waals surface area contributed by atoms with Gasteiger partial charge in [0.25, 0.3) is 0 Å². The molecule has 0 atom stereocenters. The van der Waals surface area contributed by atoms with Crippen LogP contribution in [0.3, 0.4) is 0 Å². The van der Waals surface area contributed by atoms with Crippen LogP contribution in [-0.4, -0.2) is 62.3 Å². The maximum atomic E-state index is 13.9. The lowest BCUT2D eigenvalue weighted by molar-refractivity contribution is -0.139. The summed E-state index contributed by atoms with van der Waals surface area (Å²) >= 11 is 0. The maximum absolute atomic E-state index is 13.9. The average molecular weight is 532 g/mol. The normalized spacial score (nSPS) is 14.5. The van der Waals surface area contributed by atoms with Crippen molar-refractivity contribution in [3.05, 3.63) is 29.6 Å². The highest BCUT2D eigenvalue weighted by atomic mass is 19.4. The van der Waals surface area contributed by atoms with Crippen molar-refractivity contribution in [2.24, 2.45) is 13.0 Å². The number of pyridine rings is 2. The number of aromatic nitrogens is 5. The Morgan fingerprint density at radius 3 is 2.68 bits per heavy atom. The predicted molar refractivity (Wildman–Crippen MR) is 130 cm³/mol. The van der Waals surface area contributed by atoms with Gasteiger partial charge < -0.3 is 14.4 Å². The van der Waals surface area contributed by atoms with Crippen molar-refractivity contribution in [3.63, 3.8) is 0 Å². The van der Waals surface area contributed by atoms with E-state index < -0.39 is 17.6 Å². The van der Waals surface area contributed by atoms with Crippen molar-refractivity contribution in [3.8, 4) is 23.2 Å². The van der Waals surface area contributed by atoms with Crippen LogP contribution in [0, 0.1) is 17.2 Å². The van der Waals surface area contributed by atoms with E-state index in [1.807, 2.05) is 13.0 Å². The average Bonchev–Trinajstić information content (AvgIpc) is 3.28. The van der Waals surface area contributed by atoms with Gasteiger partial charge in [-0.25, -0.2) is 19.4 Å². The minimum Gasteiger partial charge on any atom is -0.477 e. The second-order valence-electron chi connectivity index (χ2n) is 9.16. The standard InChI is InChI=1S/C25H28F3N7O3/c1-3-4-10-38-24(36)35-8-5-16(6-9-35)7-11-37-23-18(25(26,27)28)12-17(15-30-23)19-13-21-22(20(14-29)31-19)32-33-34(21)2/h12-13,15-16H,3-11H2,1-2H3. The number of nitriles is 1.